The maximum atomic E-state index is 12.6. The third-order valence-electron chi connectivity index (χ3n) is 4.63. The van der Waals surface area contributed by atoms with Crippen molar-refractivity contribution in [1.82, 2.24) is 5.32 Å². The minimum atomic E-state index is -0.299. The second kappa shape index (κ2) is 8.06. The molecule has 0 aromatic heterocycles. The van der Waals surface area contributed by atoms with Gasteiger partial charge in [-0.25, -0.2) is 0 Å². The molecule has 0 saturated carbocycles. The topological polar surface area (TPSA) is 50.4 Å². The van der Waals surface area contributed by atoms with E-state index in [-0.39, 0.29) is 18.0 Å². The van der Waals surface area contributed by atoms with Crippen molar-refractivity contribution in [2.45, 2.75) is 45.2 Å². The number of carbonyl (C=O) groups is 1. The van der Waals surface area contributed by atoms with E-state index >= 15 is 0 Å². The smallest absolute Gasteiger partial charge is 0.242 e. The summed E-state index contributed by atoms with van der Waals surface area (Å²) in [5, 5.41) is 6.46. The Morgan fingerprint density at radius 1 is 1.20 bits per heavy atom. The first-order valence-electron chi connectivity index (χ1n) is 9.05. The molecule has 0 aliphatic heterocycles. The zero-order valence-corrected chi connectivity index (χ0v) is 14.9. The van der Waals surface area contributed by atoms with Gasteiger partial charge in [-0.3, -0.25) is 4.79 Å². The van der Waals surface area contributed by atoms with Crippen molar-refractivity contribution in [2.75, 3.05) is 11.9 Å². The summed E-state index contributed by atoms with van der Waals surface area (Å²) in [7, 11) is 0. The molecule has 0 radical (unpaired) electrons. The van der Waals surface area contributed by atoms with Gasteiger partial charge in [-0.1, -0.05) is 24.3 Å². The van der Waals surface area contributed by atoms with Gasteiger partial charge in [0.2, 0.25) is 5.91 Å². The molecule has 0 bridgehead atoms. The van der Waals surface area contributed by atoms with Gasteiger partial charge in [0.15, 0.2) is 0 Å². The van der Waals surface area contributed by atoms with Gasteiger partial charge in [0.25, 0.3) is 0 Å². The lowest BCUT2D eigenvalue weighted by Crippen LogP contribution is -2.40. The summed E-state index contributed by atoms with van der Waals surface area (Å²) < 4.78 is 5.44. The molecule has 0 saturated heterocycles. The molecule has 2 N–H and O–H groups in total. The molecule has 0 unspecified atom stereocenters. The lowest BCUT2D eigenvalue weighted by Gasteiger charge is -2.27. The van der Waals surface area contributed by atoms with Crippen LogP contribution in [0.15, 0.2) is 48.5 Å². The molecule has 1 aliphatic carbocycles. The molecule has 2 aromatic rings. The molecule has 1 aliphatic rings. The number of benzene rings is 2. The maximum Gasteiger partial charge on any atom is 0.242 e. The predicted octanol–water partition coefficient (Wildman–Crippen LogP) is 4.08. The standard InChI is InChI=1S/C21H26N2O2/c1-3-25-18-13-11-17(12-14-18)22-15(2)21(24)23-20-10-6-8-16-7-4-5-9-19(16)20/h4-5,7,9,11-15,20,22H,3,6,8,10H2,1-2H3,(H,23,24)/t15-,20+/m1/s1. The normalized spacial score (nSPS) is 17.3. The first kappa shape index (κ1) is 17.3. The molecule has 25 heavy (non-hydrogen) atoms. The molecule has 0 fully saturated rings. The van der Waals surface area contributed by atoms with Crippen molar-refractivity contribution in [3.05, 3.63) is 59.7 Å². The minimum absolute atomic E-state index is 0.0237. The minimum Gasteiger partial charge on any atom is -0.494 e. The van der Waals surface area contributed by atoms with Gasteiger partial charge in [-0.2, -0.15) is 0 Å². The predicted molar refractivity (Wildman–Crippen MR) is 101 cm³/mol. The van der Waals surface area contributed by atoms with E-state index in [9.17, 15) is 4.79 Å². The summed E-state index contributed by atoms with van der Waals surface area (Å²) in [5.74, 6) is 0.861. The van der Waals surface area contributed by atoms with E-state index in [4.69, 9.17) is 4.74 Å². The van der Waals surface area contributed by atoms with Crippen molar-refractivity contribution in [3.63, 3.8) is 0 Å². The second-order valence-corrected chi connectivity index (χ2v) is 6.48. The Kier molecular flexibility index (Phi) is 5.59. The first-order chi connectivity index (χ1) is 12.2. The molecule has 4 nitrogen and oxygen atoms in total. The Hall–Kier alpha value is -2.49. The fourth-order valence-corrected chi connectivity index (χ4v) is 3.33. The third kappa shape index (κ3) is 4.32. The van der Waals surface area contributed by atoms with Crippen molar-refractivity contribution >= 4 is 11.6 Å². The zero-order valence-electron chi connectivity index (χ0n) is 14.9. The second-order valence-electron chi connectivity index (χ2n) is 6.48. The van der Waals surface area contributed by atoms with Gasteiger partial charge >= 0.3 is 0 Å². The summed E-state index contributed by atoms with van der Waals surface area (Å²) in [4.78, 5) is 12.6. The number of aryl methyl sites for hydroxylation is 1. The molecule has 1 amide bonds. The Balaban J connectivity index is 1.60. The van der Waals surface area contributed by atoms with Crippen molar-refractivity contribution < 1.29 is 9.53 Å². The highest BCUT2D eigenvalue weighted by molar-refractivity contribution is 5.84. The number of anilines is 1. The average molecular weight is 338 g/mol. The van der Waals surface area contributed by atoms with Gasteiger partial charge in [-0.15, -0.1) is 0 Å². The molecule has 3 rings (SSSR count). The van der Waals surface area contributed by atoms with E-state index in [1.54, 1.807) is 0 Å². The van der Waals surface area contributed by atoms with Crippen LogP contribution in [-0.4, -0.2) is 18.6 Å². The SMILES string of the molecule is CCOc1ccc(N[C@H](C)C(=O)N[C@H]2CCCc3ccccc32)cc1. The number of hydrogen-bond donors (Lipinski definition) is 2. The van der Waals surface area contributed by atoms with Crippen LogP contribution in [0.1, 0.15) is 43.9 Å². The first-order valence-corrected chi connectivity index (χ1v) is 9.05. The molecule has 2 atom stereocenters. The van der Waals surface area contributed by atoms with E-state index in [1.165, 1.54) is 11.1 Å². The molecular weight excluding hydrogens is 312 g/mol. The van der Waals surface area contributed by atoms with Crippen molar-refractivity contribution in [2.24, 2.45) is 0 Å². The van der Waals surface area contributed by atoms with Gasteiger partial charge in [0, 0.05) is 5.69 Å². The molecule has 4 heteroatoms. The summed E-state index contributed by atoms with van der Waals surface area (Å²) in [6.07, 6.45) is 3.21. The van der Waals surface area contributed by atoms with E-state index in [0.29, 0.717) is 6.61 Å². The van der Waals surface area contributed by atoms with E-state index in [2.05, 4.69) is 28.8 Å². The average Bonchev–Trinajstić information content (AvgIpc) is 2.64. The Bertz CT molecular complexity index is 712. The van der Waals surface area contributed by atoms with Crippen LogP contribution in [0, 0.1) is 0 Å². The molecular formula is C21H26N2O2. The zero-order chi connectivity index (χ0) is 17.6. The fourth-order valence-electron chi connectivity index (χ4n) is 3.33. The van der Waals surface area contributed by atoms with Crippen LogP contribution >= 0.6 is 0 Å². The van der Waals surface area contributed by atoms with Crippen molar-refractivity contribution in [3.8, 4) is 5.75 Å². The van der Waals surface area contributed by atoms with Crippen LogP contribution in [0.3, 0.4) is 0 Å². The lowest BCUT2D eigenvalue weighted by molar-refractivity contribution is -0.122. The summed E-state index contributed by atoms with van der Waals surface area (Å²) in [6, 6.07) is 15.9. The van der Waals surface area contributed by atoms with Crippen LogP contribution < -0.4 is 15.4 Å². The number of fused-ring (bicyclic) bond motifs is 1. The highest BCUT2D eigenvalue weighted by Crippen LogP contribution is 2.29. The number of nitrogens with one attached hydrogen (secondary N) is 2. The van der Waals surface area contributed by atoms with Gasteiger partial charge in [0.1, 0.15) is 11.8 Å². The van der Waals surface area contributed by atoms with E-state index in [1.807, 2.05) is 44.2 Å². The third-order valence-corrected chi connectivity index (χ3v) is 4.63. The fraction of sp³-hybridized carbons (Fsp3) is 0.381. The number of carbonyl (C=O) groups excluding carboxylic acids is 1. The molecule has 132 valence electrons. The number of amides is 1. The number of rotatable bonds is 6. The van der Waals surface area contributed by atoms with E-state index in [0.717, 1.165) is 30.7 Å². The summed E-state index contributed by atoms with van der Waals surface area (Å²) in [6.45, 7) is 4.50. The van der Waals surface area contributed by atoms with Gasteiger partial charge in [-0.05, 0) is 68.5 Å². The summed E-state index contributed by atoms with van der Waals surface area (Å²) >= 11 is 0. The number of hydrogen-bond acceptors (Lipinski definition) is 3. The van der Waals surface area contributed by atoms with Crippen LogP contribution in [0.4, 0.5) is 5.69 Å². The van der Waals surface area contributed by atoms with E-state index < -0.39 is 0 Å². The van der Waals surface area contributed by atoms with Crippen LogP contribution in [0.25, 0.3) is 0 Å². The monoisotopic (exact) mass is 338 g/mol. The van der Waals surface area contributed by atoms with Crippen LogP contribution in [0.2, 0.25) is 0 Å². The molecule has 0 heterocycles. The Morgan fingerprint density at radius 2 is 1.96 bits per heavy atom. The van der Waals surface area contributed by atoms with Gasteiger partial charge in [0.05, 0.1) is 12.6 Å². The lowest BCUT2D eigenvalue weighted by atomic mass is 9.87. The van der Waals surface area contributed by atoms with Crippen molar-refractivity contribution in [1.29, 1.82) is 0 Å². The van der Waals surface area contributed by atoms with Gasteiger partial charge < -0.3 is 15.4 Å². The highest BCUT2D eigenvalue weighted by atomic mass is 16.5. The Morgan fingerprint density at radius 3 is 2.72 bits per heavy atom. The number of ether oxygens (including phenoxy) is 1. The largest absolute Gasteiger partial charge is 0.494 e. The Labute approximate surface area is 149 Å². The quantitative estimate of drug-likeness (QED) is 0.834. The summed E-state index contributed by atoms with van der Waals surface area (Å²) in [5.41, 5.74) is 3.52. The van der Waals surface area contributed by atoms with Crippen LogP contribution in [0.5, 0.6) is 5.75 Å². The van der Waals surface area contributed by atoms with Crippen LogP contribution in [-0.2, 0) is 11.2 Å². The molecule has 0 spiro atoms. The molecule has 2 aromatic carbocycles. The highest BCUT2D eigenvalue weighted by Gasteiger charge is 2.23. The maximum absolute atomic E-state index is 12.6.